The van der Waals surface area contributed by atoms with Crippen LogP contribution < -0.4 is 10.6 Å². The van der Waals surface area contributed by atoms with Crippen LogP contribution >= 0.6 is 11.6 Å². The summed E-state index contributed by atoms with van der Waals surface area (Å²) >= 11 is 5.98. The summed E-state index contributed by atoms with van der Waals surface area (Å²) in [6, 6.07) is 0. The molecule has 1 aromatic rings. The number of anilines is 2. The van der Waals surface area contributed by atoms with Crippen molar-refractivity contribution >= 4 is 59.1 Å². The average molecular weight is 568 g/mol. The van der Waals surface area contributed by atoms with Gasteiger partial charge in [-0.3, -0.25) is 19.2 Å². The zero-order chi connectivity index (χ0) is 28.2. The van der Waals surface area contributed by atoms with Crippen LogP contribution in [0.1, 0.15) is 77.0 Å². The molecule has 0 bridgehead atoms. The molecular weight excluding hydrogens is 538 g/mol. The minimum absolute atomic E-state index is 0.0116. The van der Waals surface area contributed by atoms with Crippen LogP contribution in [0.4, 0.5) is 11.9 Å². The first-order valence-electron chi connectivity index (χ1n) is 12.8. The first-order chi connectivity index (χ1) is 18.7. The van der Waals surface area contributed by atoms with Crippen LogP contribution in [-0.4, -0.2) is 73.7 Å². The summed E-state index contributed by atoms with van der Waals surface area (Å²) in [6.07, 6.45) is 4.22. The molecule has 2 fully saturated rings. The summed E-state index contributed by atoms with van der Waals surface area (Å²) in [7, 11) is 0. The van der Waals surface area contributed by atoms with Gasteiger partial charge in [0.2, 0.25) is 17.2 Å². The van der Waals surface area contributed by atoms with Gasteiger partial charge in [0.1, 0.15) is 0 Å². The third kappa shape index (κ3) is 9.74. The fraction of sp³-hybridized carbons (Fsp3) is 0.609. The molecule has 0 radical (unpaired) electrons. The third-order valence-electron chi connectivity index (χ3n) is 5.69. The molecule has 0 aromatic carbocycles. The van der Waals surface area contributed by atoms with Crippen LogP contribution in [-0.2, 0) is 38.4 Å². The van der Waals surface area contributed by atoms with Gasteiger partial charge in [-0.25, -0.2) is 9.59 Å². The molecule has 4 amide bonds. The van der Waals surface area contributed by atoms with E-state index in [1.54, 1.807) is 0 Å². The molecule has 2 saturated heterocycles. The van der Waals surface area contributed by atoms with E-state index in [-0.39, 0.29) is 55.7 Å². The summed E-state index contributed by atoms with van der Waals surface area (Å²) < 4.78 is 0. The molecule has 0 atom stereocenters. The minimum Gasteiger partial charge on any atom is -0.354 e. The Kier molecular flexibility index (Phi) is 11.3. The van der Waals surface area contributed by atoms with Crippen LogP contribution in [0.15, 0.2) is 0 Å². The Morgan fingerprint density at radius 3 is 1.41 bits per heavy atom. The van der Waals surface area contributed by atoms with E-state index in [1.165, 1.54) is 0 Å². The maximum Gasteiger partial charge on any atom is 0.333 e. The fourth-order valence-corrected chi connectivity index (χ4v) is 3.82. The number of aromatic nitrogens is 3. The highest BCUT2D eigenvalue weighted by molar-refractivity contribution is 6.28. The van der Waals surface area contributed by atoms with Crippen LogP contribution in [0.5, 0.6) is 0 Å². The highest BCUT2D eigenvalue weighted by Crippen LogP contribution is 2.15. The lowest BCUT2D eigenvalue weighted by Gasteiger charge is -2.12. The van der Waals surface area contributed by atoms with Gasteiger partial charge in [0.05, 0.1) is 0 Å². The normalized spacial score (nSPS) is 15.2. The largest absolute Gasteiger partial charge is 0.354 e. The smallest absolute Gasteiger partial charge is 0.333 e. The van der Waals surface area contributed by atoms with E-state index in [0.29, 0.717) is 61.7 Å². The van der Waals surface area contributed by atoms with E-state index in [0.717, 1.165) is 0 Å². The van der Waals surface area contributed by atoms with E-state index in [9.17, 15) is 28.8 Å². The van der Waals surface area contributed by atoms with Gasteiger partial charge in [-0.2, -0.15) is 15.0 Å². The molecule has 15 nitrogen and oxygen atoms in total. The molecule has 0 spiro atoms. The van der Waals surface area contributed by atoms with E-state index in [4.69, 9.17) is 21.3 Å². The van der Waals surface area contributed by atoms with E-state index in [1.807, 2.05) is 0 Å². The van der Waals surface area contributed by atoms with Crippen LogP contribution in [0.25, 0.3) is 0 Å². The van der Waals surface area contributed by atoms with Gasteiger partial charge in [-0.15, -0.1) is 10.1 Å². The number of unbranched alkanes of at least 4 members (excludes halogenated alkanes) is 4. The van der Waals surface area contributed by atoms with Gasteiger partial charge in [-0.05, 0) is 37.3 Å². The molecular formula is C23H30ClN7O8. The maximum atomic E-state index is 11.8. The summed E-state index contributed by atoms with van der Waals surface area (Å²) in [4.78, 5) is 91.4. The Balaban J connectivity index is 1.24. The number of hydrogen-bond donors (Lipinski definition) is 2. The van der Waals surface area contributed by atoms with Crippen LogP contribution in [0.2, 0.25) is 5.28 Å². The summed E-state index contributed by atoms with van der Waals surface area (Å²) in [5.41, 5.74) is 0. The van der Waals surface area contributed by atoms with Crippen molar-refractivity contribution in [2.45, 2.75) is 77.0 Å². The lowest BCUT2D eigenvalue weighted by atomic mass is 10.2. The highest BCUT2D eigenvalue weighted by atomic mass is 35.5. The average Bonchev–Trinajstić information content (AvgIpc) is 3.38. The first-order valence-corrected chi connectivity index (χ1v) is 13.1. The number of imide groups is 2. The number of amides is 4. The fourth-order valence-electron chi connectivity index (χ4n) is 3.66. The van der Waals surface area contributed by atoms with E-state index in [2.05, 4.69) is 25.6 Å². The Morgan fingerprint density at radius 1 is 0.641 bits per heavy atom. The summed E-state index contributed by atoms with van der Waals surface area (Å²) in [5.74, 6) is -2.68. The molecule has 0 saturated carbocycles. The monoisotopic (exact) mass is 567 g/mol. The van der Waals surface area contributed by atoms with Crippen molar-refractivity contribution < 1.29 is 38.4 Å². The van der Waals surface area contributed by atoms with Crippen molar-refractivity contribution in [2.75, 3.05) is 23.7 Å². The maximum absolute atomic E-state index is 11.8. The number of hydroxylamine groups is 4. The van der Waals surface area contributed by atoms with Gasteiger partial charge in [0, 0.05) is 51.6 Å². The van der Waals surface area contributed by atoms with Gasteiger partial charge >= 0.3 is 11.9 Å². The van der Waals surface area contributed by atoms with Crippen molar-refractivity contribution in [3.05, 3.63) is 5.28 Å². The Labute approximate surface area is 228 Å². The zero-order valence-corrected chi connectivity index (χ0v) is 22.0. The molecule has 3 rings (SSSR count). The van der Waals surface area contributed by atoms with Crippen molar-refractivity contribution in [1.82, 2.24) is 25.1 Å². The lowest BCUT2D eigenvalue weighted by molar-refractivity contribution is -0.197. The summed E-state index contributed by atoms with van der Waals surface area (Å²) in [6.45, 7) is 1.03. The van der Waals surface area contributed by atoms with Gasteiger partial charge < -0.3 is 20.3 Å². The molecule has 2 aliphatic rings. The molecule has 2 aliphatic heterocycles. The van der Waals surface area contributed by atoms with Crippen molar-refractivity contribution in [1.29, 1.82) is 0 Å². The Bertz CT molecular complexity index is 990. The minimum atomic E-state index is -0.624. The van der Waals surface area contributed by atoms with Gasteiger partial charge in [0.15, 0.2) is 0 Å². The molecule has 0 aliphatic carbocycles. The summed E-state index contributed by atoms with van der Waals surface area (Å²) in [5, 5.41) is 7.18. The number of nitrogens with zero attached hydrogens (tertiary/aromatic N) is 5. The topological polar surface area (TPSA) is 190 Å². The highest BCUT2D eigenvalue weighted by Gasteiger charge is 2.33. The molecule has 212 valence electrons. The Morgan fingerprint density at radius 2 is 1.03 bits per heavy atom. The second-order valence-electron chi connectivity index (χ2n) is 8.82. The number of carbonyl (C=O) groups excluding carboxylic acids is 6. The number of nitrogens with one attached hydrogen (secondary N) is 2. The molecule has 16 heteroatoms. The van der Waals surface area contributed by atoms with Crippen molar-refractivity contribution in [3.63, 3.8) is 0 Å². The second kappa shape index (κ2) is 14.9. The third-order valence-corrected chi connectivity index (χ3v) is 5.86. The number of hydrogen-bond acceptors (Lipinski definition) is 13. The van der Waals surface area contributed by atoms with Crippen molar-refractivity contribution in [2.24, 2.45) is 0 Å². The predicted molar refractivity (Wildman–Crippen MR) is 133 cm³/mol. The first kappa shape index (κ1) is 29.7. The lowest BCUT2D eigenvalue weighted by Crippen LogP contribution is -2.31. The SMILES string of the molecule is O=C(CCCCCNc1nc(Cl)nc(NCCCCCC(=O)ON2C(=O)CCC2=O)n1)ON1C(=O)CCC1=O. The molecule has 39 heavy (non-hydrogen) atoms. The number of halogens is 1. The molecule has 3 heterocycles. The predicted octanol–water partition coefficient (Wildman–Crippen LogP) is 1.68. The van der Waals surface area contributed by atoms with Gasteiger partial charge in [-0.1, -0.05) is 12.8 Å². The van der Waals surface area contributed by atoms with E-state index < -0.39 is 35.6 Å². The number of rotatable bonds is 16. The molecule has 1 aromatic heterocycles. The van der Waals surface area contributed by atoms with E-state index >= 15 is 0 Å². The standard InChI is InChI=1S/C23H30ClN7O8/c24-21-27-22(25-13-5-1-3-7-19(36)38-30-15(32)9-10-16(30)33)29-23(28-21)26-14-6-2-4-8-20(37)39-31-17(34)11-12-18(31)35/h1-14H2,(H2,25,26,27,28,29). The second-order valence-corrected chi connectivity index (χ2v) is 9.15. The Hall–Kier alpha value is -3.88. The molecule has 0 unspecified atom stereocenters. The number of carbonyl (C=O) groups is 6. The quantitative estimate of drug-likeness (QED) is 0.217. The zero-order valence-electron chi connectivity index (χ0n) is 21.3. The van der Waals surface area contributed by atoms with Gasteiger partial charge in [0.25, 0.3) is 23.6 Å². The van der Waals surface area contributed by atoms with Crippen molar-refractivity contribution in [3.8, 4) is 0 Å². The molecule has 2 N–H and O–H groups in total. The van der Waals surface area contributed by atoms with Crippen LogP contribution in [0, 0.1) is 0 Å². The van der Waals surface area contributed by atoms with Crippen LogP contribution in [0.3, 0.4) is 0 Å².